The van der Waals surface area contributed by atoms with Crippen LogP contribution in [0.3, 0.4) is 0 Å². The van der Waals surface area contributed by atoms with Gasteiger partial charge in [-0.2, -0.15) is 0 Å². The maximum atomic E-state index is 6.25. The Kier molecular flexibility index (Phi) is 4.43. The molecule has 0 spiro atoms. The Morgan fingerprint density at radius 2 is 2.00 bits per heavy atom. The zero-order chi connectivity index (χ0) is 12.1. The van der Waals surface area contributed by atoms with E-state index in [1.54, 1.807) is 0 Å². The van der Waals surface area contributed by atoms with Crippen molar-refractivity contribution in [1.82, 2.24) is 0 Å². The van der Waals surface area contributed by atoms with Crippen molar-refractivity contribution in [3.05, 3.63) is 29.8 Å². The molecule has 0 aromatic heterocycles. The SMILES string of the molecule is CCCOc1ccccc1C1CCCCC1N. The normalized spacial score (nSPS) is 24.6. The van der Waals surface area contributed by atoms with Crippen molar-refractivity contribution in [1.29, 1.82) is 0 Å². The van der Waals surface area contributed by atoms with Crippen LogP contribution < -0.4 is 10.5 Å². The fourth-order valence-electron chi connectivity index (χ4n) is 2.68. The average Bonchev–Trinajstić information content (AvgIpc) is 2.37. The predicted molar refractivity (Wildman–Crippen MR) is 71.4 cm³/mol. The third-order valence-electron chi connectivity index (χ3n) is 3.60. The molecule has 0 saturated heterocycles. The number of para-hydroxylation sites is 1. The molecule has 0 aliphatic heterocycles. The van der Waals surface area contributed by atoms with Gasteiger partial charge in [-0.3, -0.25) is 0 Å². The van der Waals surface area contributed by atoms with Crippen LogP contribution in [0, 0.1) is 0 Å². The lowest BCUT2D eigenvalue weighted by Crippen LogP contribution is -2.31. The minimum Gasteiger partial charge on any atom is -0.493 e. The summed E-state index contributed by atoms with van der Waals surface area (Å²) in [6.07, 6.45) is 5.96. The van der Waals surface area contributed by atoms with E-state index in [0.717, 1.165) is 25.2 Å². The van der Waals surface area contributed by atoms with E-state index < -0.39 is 0 Å². The Hall–Kier alpha value is -1.02. The summed E-state index contributed by atoms with van der Waals surface area (Å²) in [6.45, 7) is 2.92. The first-order valence-electron chi connectivity index (χ1n) is 6.80. The largest absolute Gasteiger partial charge is 0.493 e. The first kappa shape index (κ1) is 12.4. The van der Waals surface area contributed by atoms with Crippen molar-refractivity contribution in [2.45, 2.75) is 51.0 Å². The van der Waals surface area contributed by atoms with Gasteiger partial charge in [-0.15, -0.1) is 0 Å². The minimum atomic E-state index is 0.301. The number of nitrogens with two attached hydrogens (primary N) is 1. The summed E-state index contributed by atoms with van der Waals surface area (Å²) in [7, 11) is 0. The number of hydrogen-bond donors (Lipinski definition) is 1. The van der Waals surface area contributed by atoms with E-state index in [9.17, 15) is 0 Å². The van der Waals surface area contributed by atoms with Gasteiger partial charge in [0.1, 0.15) is 5.75 Å². The molecule has 2 nitrogen and oxygen atoms in total. The summed E-state index contributed by atoms with van der Waals surface area (Å²) >= 11 is 0. The van der Waals surface area contributed by atoms with Gasteiger partial charge in [-0.25, -0.2) is 0 Å². The molecule has 1 aliphatic carbocycles. The molecule has 1 aromatic rings. The molecule has 2 rings (SSSR count). The van der Waals surface area contributed by atoms with Crippen LogP contribution in [0.15, 0.2) is 24.3 Å². The molecule has 1 aromatic carbocycles. The number of rotatable bonds is 4. The van der Waals surface area contributed by atoms with Gasteiger partial charge in [-0.05, 0) is 30.9 Å². The van der Waals surface area contributed by atoms with Gasteiger partial charge < -0.3 is 10.5 Å². The first-order valence-corrected chi connectivity index (χ1v) is 6.80. The first-order chi connectivity index (χ1) is 8.33. The zero-order valence-electron chi connectivity index (χ0n) is 10.7. The number of hydrogen-bond acceptors (Lipinski definition) is 2. The highest BCUT2D eigenvalue weighted by Crippen LogP contribution is 2.36. The van der Waals surface area contributed by atoms with E-state index in [4.69, 9.17) is 10.5 Å². The molecule has 1 aliphatic rings. The van der Waals surface area contributed by atoms with Gasteiger partial charge in [0.2, 0.25) is 0 Å². The highest BCUT2D eigenvalue weighted by Gasteiger charge is 2.25. The minimum absolute atomic E-state index is 0.301. The maximum absolute atomic E-state index is 6.25. The molecule has 1 saturated carbocycles. The van der Waals surface area contributed by atoms with Crippen LogP contribution in [0.1, 0.15) is 50.5 Å². The second-order valence-corrected chi connectivity index (χ2v) is 4.94. The fraction of sp³-hybridized carbons (Fsp3) is 0.600. The fourth-order valence-corrected chi connectivity index (χ4v) is 2.68. The van der Waals surface area contributed by atoms with Crippen molar-refractivity contribution < 1.29 is 4.74 Å². The van der Waals surface area contributed by atoms with Gasteiger partial charge in [0.05, 0.1) is 6.61 Å². The molecular weight excluding hydrogens is 210 g/mol. The van der Waals surface area contributed by atoms with Crippen LogP contribution in [-0.2, 0) is 0 Å². The molecule has 0 radical (unpaired) electrons. The van der Waals surface area contributed by atoms with Crippen LogP contribution in [0.2, 0.25) is 0 Å². The molecule has 1 fully saturated rings. The van der Waals surface area contributed by atoms with Crippen LogP contribution in [-0.4, -0.2) is 12.6 Å². The summed E-state index contributed by atoms with van der Waals surface area (Å²) in [6, 6.07) is 8.70. The van der Waals surface area contributed by atoms with Crippen LogP contribution in [0.4, 0.5) is 0 Å². The van der Waals surface area contributed by atoms with Gasteiger partial charge in [0.15, 0.2) is 0 Å². The molecule has 2 atom stereocenters. The molecule has 2 heteroatoms. The van der Waals surface area contributed by atoms with Crippen molar-refractivity contribution >= 4 is 0 Å². The van der Waals surface area contributed by atoms with Gasteiger partial charge in [0, 0.05) is 12.0 Å². The second kappa shape index (κ2) is 6.06. The third-order valence-corrected chi connectivity index (χ3v) is 3.60. The standard InChI is InChI=1S/C15H23NO/c1-2-11-17-15-10-6-4-8-13(15)12-7-3-5-9-14(12)16/h4,6,8,10,12,14H,2-3,5,7,9,11,16H2,1H3. The highest BCUT2D eigenvalue weighted by molar-refractivity contribution is 5.37. The quantitative estimate of drug-likeness (QED) is 0.864. The number of ether oxygens (including phenoxy) is 1. The Morgan fingerprint density at radius 3 is 2.76 bits per heavy atom. The van der Waals surface area contributed by atoms with E-state index in [1.165, 1.54) is 24.8 Å². The Balaban J connectivity index is 2.17. The van der Waals surface area contributed by atoms with Gasteiger partial charge in [-0.1, -0.05) is 38.0 Å². The summed E-state index contributed by atoms with van der Waals surface area (Å²) < 4.78 is 5.83. The molecule has 17 heavy (non-hydrogen) atoms. The smallest absolute Gasteiger partial charge is 0.122 e. The topological polar surface area (TPSA) is 35.2 Å². The van der Waals surface area contributed by atoms with Crippen molar-refractivity contribution in [3.63, 3.8) is 0 Å². The zero-order valence-corrected chi connectivity index (χ0v) is 10.7. The Bertz CT molecular complexity index is 351. The third kappa shape index (κ3) is 3.01. The lowest BCUT2D eigenvalue weighted by molar-refractivity contribution is 0.303. The highest BCUT2D eigenvalue weighted by atomic mass is 16.5. The van der Waals surface area contributed by atoms with E-state index >= 15 is 0 Å². The molecule has 0 bridgehead atoms. The van der Waals surface area contributed by atoms with E-state index in [0.29, 0.717) is 12.0 Å². The van der Waals surface area contributed by atoms with Gasteiger partial charge >= 0.3 is 0 Å². The van der Waals surface area contributed by atoms with Crippen molar-refractivity contribution in [2.24, 2.45) is 5.73 Å². The second-order valence-electron chi connectivity index (χ2n) is 4.94. The van der Waals surface area contributed by atoms with E-state index in [2.05, 4.69) is 25.1 Å². The van der Waals surface area contributed by atoms with Crippen molar-refractivity contribution in [2.75, 3.05) is 6.61 Å². The summed E-state index contributed by atoms with van der Waals surface area (Å²) in [5.41, 5.74) is 7.57. The summed E-state index contributed by atoms with van der Waals surface area (Å²) in [4.78, 5) is 0. The maximum Gasteiger partial charge on any atom is 0.122 e. The predicted octanol–water partition coefficient (Wildman–Crippen LogP) is 3.46. The molecule has 2 unspecified atom stereocenters. The lowest BCUT2D eigenvalue weighted by Gasteiger charge is -2.30. The van der Waals surface area contributed by atoms with E-state index in [-0.39, 0.29) is 0 Å². The average molecular weight is 233 g/mol. The summed E-state index contributed by atoms with van der Waals surface area (Å²) in [5.74, 6) is 1.52. The summed E-state index contributed by atoms with van der Waals surface area (Å²) in [5, 5.41) is 0. The van der Waals surface area contributed by atoms with Crippen LogP contribution in [0.5, 0.6) is 5.75 Å². The molecular formula is C15H23NO. The monoisotopic (exact) mass is 233 g/mol. The Morgan fingerprint density at radius 1 is 1.24 bits per heavy atom. The van der Waals surface area contributed by atoms with Crippen LogP contribution >= 0.6 is 0 Å². The van der Waals surface area contributed by atoms with E-state index in [1.807, 2.05) is 6.07 Å². The number of benzene rings is 1. The molecule has 2 N–H and O–H groups in total. The van der Waals surface area contributed by atoms with Gasteiger partial charge in [0.25, 0.3) is 0 Å². The lowest BCUT2D eigenvalue weighted by atomic mass is 9.80. The van der Waals surface area contributed by atoms with Crippen molar-refractivity contribution in [3.8, 4) is 5.75 Å². The molecule has 0 amide bonds. The Labute approximate surface area is 104 Å². The molecule has 0 heterocycles. The molecule has 94 valence electrons. The van der Waals surface area contributed by atoms with Crippen LogP contribution in [0.25, 0.3) is 0 Å².